The summed E-state index contributed by atoms with van der Waals surface area (Å²) in [6, 6.07) is 7.26. The smallest absolute Gasteiger partial charge is 0.345 e. The van der Waals surface area contributed by atoms with Crippen molar-refractivity contribution in [3.05, 3.63) is 35.4 Å². The van der Waals surface area contributed by atoms with Crippen LogP contribution < -0.4 is 0 Å². The lowest BCUT2D eigenvalue weighted by Crippen LogP contribution is -2.13. The first-order chi connectivity index (χ1) is 8.22. The number of halogens is 1. The SMILES string of the molecule is CCOC(=O)C(F)c1cccc(C2CCC2)c1. The topological polar surface area (TPSA) is 26.3 Å². The van der Waals surface area contributed by atoms with Gasteiger partial charge in [-0.2, -0.15) is 0 Å². The molecule has 0 saturated heterocycles. The van der Waals surface area contributed by atoms with Crippen LogP contribution >= 0.6 is 0 Å². The van der Waals surface area contributed by atoms with Crippen molar-refractivity contribution in [3.8, 4) is 0 Å². The molecule has 0 heterocycles. The van der Waals surface area contributed by atoms with Crippen LogP contribution in [0.3, 0.4) is 0 Å². The van der Waals surface area contributed by atoms with E-state index in [2.05, 4.69) is 4.74 Å². The van der Waals surface area contributed by atoms with Gasteiger partial charge in [0, 0.05) is 0 Å². The van der Waals surface area contributed by atoms with Crippen LogP contribution in [0.5, 0.6) is 0 Å². The number of rotatable bonds is 4. The third-order valence-corrected chi connectivity index (χ3v) is 3.27. The summed E-state index contributed by atoms with van der Waals surface area (Å²) in [5.74, 6) is -0.248. The average Bonchev–Trinajstić information content (AvgIpc) is 2.26. The van der Waals surface area contributed by atoms with E-state index in [1.54, 1.807) is 19.1 Å². The molecule has 1 aliphatic carbocycles. The normalized spacial score (nSPS) is 17.3. The maximum absolute atomic E-state index is 13.8. The van der Waals surface area contributed by atoms with Gasteiger partial charge in [0.15, 0.2) is 0 Å². The van der Waals surface area contributed by atoms with Crippen molar-refractivity contribution < 1.29 is 13.9 Å². The Hall–Kier alpha value is -1.38. The summed E-state index contributed by atoms with van der Waals surface area (Å²) >= 11 is 0. The zero-order valence-corrected chi connectivity index (χ0v) is 9.99. The summed E-state index contributed by atoms with van der Waals surface area (Å²) in [6.45, 7) is 1.89. The molecular weight excluding hydrogens is 219 g/mol. The Labute approximate surface area is 101 Å². The van der Waals surface area contributed by atoms with Crippen LogP contribution in [-0.4, -0.2) is 12.6 Å². The van der Waals surface area contributed by atoms with Crippen LogP contribution in [-0.2, 0) is 9.53 Å². The van der Waals surface area contributed by atoms with E-state index in [-0.39, 0.29) is 6.61 Å². The quantitative estimate of drug-likeness (QED) is 0.747. The molecule has 1 unspecified atom stereocenters. The molecule has 2 nitrogen and oxygen atoms in total. The summed E-state index contributed by atoms with van der Waals surface area (Å²) in [7, 11) is 0. The molecule has 0 amide bonds. The molecule has 2 rings (SSSR count). The number of esters is 1. The zero-order chi connectivity index (χ0) is 12.3. The first-order valence-corrected chi connectivity index (χ1v) is 6.13. The third kappa shape index (κ3) is 2.65. The molecule has 1 fully saturated rings. The molecule has 17 heavy (non-hydrogen) atoms. The van der Waals surface area contributed by atoms with E-state index in [4.69, 9.17) is 0 Å². The number of ether oxygens (including phenoxy) is 1. The molecule has 92 valence electrons. The zero-order valence-electron chi connectivity index (χ0n) is 9.99. The molecule has 3 heteroatoms. The fraction of sp³-hybridized carbons (Fsp3) is 0.500. The first-order valence-electron chi connectivity index (χ1n) is 6.13. The first kappa shape index (κ1) is 12.1. The van der Waals surface area contributed by atoms with Crippen LogP contribution in [0, 0.1) is 0 Å². The monoisotopic (exact) mass is 236 g/mol. The van der Waals surface area contributed by atoms with E-state index in [0.717, 1.165) is 5.56 Å². The van der Waals surface area contributed by atoms with Crippen molar-refractivity contribution >= 4 is 5.97 Å². The van der Waals surface area contributed by atoms with Crippen molar-refractivity contribution in [1.29, 1.82) is 0 Å². The maximum atomic E-state index is 13.8. The van der Waals surface area contributed by atoms with Crippen molar-refractivity contribution in [2.24, 2.45) is 0 Å². The van der Waals surface area contributed by atoms with Gasteiger partial charge in [-0.3, -0.25) is 0 Å². The Kier molecular flexibility index (Phi) is 3.77. The fourth-order valence-corrected chi connectivity index (χ4v) is 2.06. The van der Waals surface area contributed by atoms with Gasteiger partial charge in [-0.05, 0) is 36.8 Å². The summed E-state index contributed by atoms with van der Waals surface area (Å²) in [5.41, 5.74) is 1.55. The lowest BCUT2D eigenvalue weighted by molar-refractivity contribution is -0.149. The number of carbonyl (C=O) groups excluding carboxylic acids is 1. The lowest BCUT2D eigenvalue weighted by Gasteiger charge is -2.26. The van der Waals surface area contributed by atoms with E-state index in [1.807, 2.05) is 12.1 Å². The maximum Gasteiger partial charge on any atom is 0.345 e. The molecule has 1 saturated carbocycles. The van der Waals surface area contributed by atoms with Crippen molar-refractivity contribution in [3.63, 3.8) is 0 Å². The number of carbonyl (C=O) groups is 1. The average molecular weight is 236 g/mol. The highest BCUT2D eigenvalue weighted by Crippen LogP contribution is 2.37. The predicted molar refractivity (Wildman–Crippen MR) is 63.5 cm³/mol. The third-order valence-electron chi connectivity index (χ3n) is 3.27. The molecule has 0 N–H and O–H groups in total. The van der Waals surface area contributed by atoms with Crippen LogP contribution in [0.25, 0.3) is 0 Å². The van der Waals surface area contributed by atoms with Gasteiger partial charge < -0.3 is 4.74 Å². The van der Waals surface area contributed by atoms with Crippen LogP contribution in [0.4, 0.5) is 4.39 Å². The Morgan fingerprint density at radius 2 is 2.29 bits per heavy atom. The van der Waals surface area contributed by atoms with Crippen LogP contribution in [0.2, 0.25) is 0 Å². The van der Waals surface area contributed by atoms with E-state index < -0.39 is 12.1 Å². The molecule has 1 aromatic rings. The number of benzene rings is 1. The second kappa shape index (κ2) is 5.30. The molecule has 0 radical (unpaired) electrons. The number of hydrogen-bond acceptors (Lipinski definition) is 2. The molecular formula is C14H17FO2. The predicted octanol–water partition coefficient (Wildman–Crippen LogP) is 3.53. The minimum atomic E-state index is -1.66. The highest BCUT2D eigenvalue weighted by Gasteiger charge is 2.24. The summed E-state index contributed by atoms with van der Waals surface area (Å²) < 4.78 is 18.5. The van der Waals surface area contributed by atoms with Crippen LogP contribution in [0.1, 0.15) is 49.4 Å². The van der Waals surface area contributed by atoms with Gasteiger partial charge in [0.1, 0.15) is 0 Å². The highest BCUT2D eigenvalue weighted by atomic mass is 19.1. The molecule has 1 atom stereocenters. The summed E-state index contributed by atoms with van der Waals surface area (Å²) in [6.07, 6.45) is 1.92. The van der Waals surface area contributed by atoms with Gasteiger partial charge in [0.2, 0.25) is 6.17 Å². The van der Waals surface area contributed by atoms with E-state index in [0.29, 0.717) is 11.5 Å². The second-order valence-electron chi connectivity index (χ2n) is 4.41. The van der Waals surface area contributed by atoms with Gasteiger partial charge >= 0.3 is 5.97 Å². The fourth-order valence-electron chi connectivity index (χ4n) is 2.06. The van der Waals surface area contributed by atoms with E-state index >= 15 is 0 Å². The minimum absolute atomic E-state index is 0.210. The van der Waals surface area contributed by atoms with Gasteiger partial charge in [0.25, 0.3) is 0 Å². The second-order valence-corrected chi connectivity index (χ2v) is 4.41. The van der Waals surface area contributed by atoms with Crippen molar-refractivity contribution in [1.82, 2.24) is 0 Å². The number of alkyl halides is 1. The van der Waals surface area contributed by atoms with E-state index in [9.17, 15) is 9.18 Å². The highest BCUT2D eigenvalue weighted by molar-refractivity contribution is 5.76. The van der Waals surface area contributed by atoms with Gasteiger partial charge in [-0.15, -0.1) is 0 Å². The number of hydrogen-bond donors (Lipinski definition) is 0. The Balaban J connectivity index is 2.11. The van der Waals surface area contributed by atoms with Gasteiger partial charge in [-0.1, -0.05) is 30.7 Å². The van der Waals surface area contributed by atoms with Gasteiger partial charge in [0.05, 0.1) is 6.61 Å². The lowest BCUT2D eigenvalue weighted by atomic mass is 9.79. The molecule has 0 aromatic heterocycles. The largest absolute Gasteiger partial charge is 0.464 e. The van der Waals surface area contributed by atoms with E-state index in [1.165, 1.54) is 19.3 Å². The molecule has 0 spiro atoms. The summed E-state index contributed by atoms with van der Waals surface area (Å²) in [4.78, 5) is 11.3. The molecule has 0 aliphatic heterocycles. The van der Waals surface area contributed by atoms with Crippen LogP contribution in [0.15, 0.2) is 24.3 Å². The molecule has 1 aliphatic rings. The standard InChI is InChI=1S/C14H17FO2/c1-2-17-14(16)13(15)12-8-4-7-11(9-12)10-5-3-6-10/h4,7-10,13H,2-3,5-6H2,1H3. The molecule has 0 bridgehead atoms. The van der Waals surface area contributed by atoms with Crippen molar-refractivity contribution in [2.45, 2.75) is 38.3 Å². The van der Waals surface area contributed by atoms with Crippen molar-refractivity contribution in [2.75, 3.05) is 6.61 Å². The Morgan fingerprint density at radius 3 is 2.88 bits per heavy atom. The Bertz CT molecular complexity index is 399. The van der Waals surface area contributed by atoms with Gasteiger partial charge in [-0.25, -0.2) is 9.18 Å². The molecule has 1 aromatic carbocycles. The Morgan fingerprint density at radius 1 is 1.53 bits per heavy atom. The minimum Gasteiger partial charge on any atom is -0.464 e. The summed E-state index contributed by atoms with van der Waals surface area (Å²) in [5, 5.41) is 0.